The van der Waals surface area contributed by atoms with Crippen LogP contribution in [0.4, 0.5) is 11.4 Å². The molecule has 1 heterocycles. The van der Waals surface area contributed by atoms with Crippen LogP contribution < -0.4 is 10.2 Å². The van der Waals surface area contributed by atoms with Crippen molar-refractivity contribution < 1.29 is 4.79 Å². The van der Waals surface area contributed by atoms with E-state index >= 15 is 0 Å². The second kappa shape index (κ2) is 2.52. The number of fused-ring (bicyclic) bond motifs is 1. The Morgan fingerprint density at radius 2 is 2.17 bits per heavy atom. The molecular weight excluding hydrogens is 152 g/mol. The van der Waals surface area contributed by atoms with Crippen LogP contribution >= 0.6 is 0 Å². The van der Waals surface area contributed by atoms with Crippen molar-refractivity contribution in [2.45, 2.75) is 0 Å². The van der Waals surface area contributed by atoms with Gasteiger partial charge in [-0.2, -0.15) is 0 Å². The zero-order valence-corrected chi connectivity index (χ0v) is 6.87. The highest BCUT2D eigenvalue weighted by molar-refractivity contribution is 6.02. The zero-order valence-electron chi connectivity index (χ0n) is 6.87. The molecule has 0 fully saturated rings. The second-order valence-electron chi connectivity index (χ2n) is 2.82. The van der Waals surface area contributed by atoms with E-state index in [2.05, 4.69) is 5.32 Å². The zero-order chi connectivity index (χ0) is 8.55. The summed E-state index contributed by atoms with van der Waals surface area (Å²) in [6.07, 6.45) is 0. The van der Waals surface area contributed by atoms with Crippen LogP contribution in [0.25, 0.3) is 0 Å². The first kappa shape index (κ1) is 7.16. The number of carbonyl (C=O) groups excluding carboxylic acids is 1. The van der Waals surface area contributed by atoms with E-state index in [1.165, 1.54) is 0 Å². The Hall–Kier alpha value is -1.51. The number of likely N-dealkylation sites (N-methyl/N-ethyl adjacent to an activating group) is 1. The number of benzene rings is 1. The Balaban J connectivity index is 2.48. The topological polar surface area (TPSA) is 32.3 Å². The maximum atomic E-state index is 11.2. The largest absolute Gasteiger partial charge is 0.374 e. The number of rotatable bonds is 0. The summed E-state index contributed by atoms with van der Waals surface area (Å²) in [7, 11) is 1.79. The summed E-state index contributed by atoms with van der Waals surface area (Å²) < 4.78 is 0. The highest BCUT2D eigenvalue weighted by atomic mass is 16.2. The number of amides is 1. The van der Waals surface area contributed by atoms with Crippen LogP contribution in [0.2, 0.25) is 0 Å². The average Bonchev–Trinajstić information content (AvgIpc) is 2.12. The van der Waals surface area contributed by atoms with Gasteiger partial charge in [0.1, 0.15) is 0 Å². The van der Waals surface area contributed by atoms with E-state index < -0.39 is 0 Å². The first-order chi connectivity index (χ1) is 5.79. The van der Waals surface area contributed by atoms with Gasteiger partial charge in [0, 0.05) is 7.05 Å². The maximum absolute atomic E-state index is 11.2. The molecule has 0 unspecified atom stereocenters. The van der Waals surface area contributed by atoms with Gasteiger partial charge in [-0.05, 0) is 12.1 Å². The Morgan fingerprint density at radius 1 is 1.42 bits per heavy atom. The van der Waals surface area contributed by atoms with Crippen LogP contribution in [0.3, 0.4) is 0 Å². The van der Waals surface area contributed by atoms with E-state index in [4.69, 9.17) is 0 Å². The molecule has 0 saturated heterocycles. The third kappa shape index (κ3) is 0.942. The van der Waals surface area contributed by atoms with Crippen molar-refractivity contribution in [2.24, 2.45) is 0 Å². The quantitative estimate of drug-likeness (QED) is 0.619. The average molecular weight is 162 g/mol. The molecule has 0 aromatic heterocycles. The summed E-state index contributed by atoms with van der Waals surface area (Å²) >= 11 is 0. The number of hydrogen-bond donors (Lipinski definition) is 1. The maximum Gasteiger partial charge on any atom is 0.246 e. The molecule has 0 radical (unpaired) electrons. The molecule has 62 valence electrons. The van der Waals surface area contributed by atoms with Gasteiger partial charge >= 0.3 is 0 Å². The smallest absolute Gasteiger partial charge is 0.246 e. The van der Waals surface area contributed by atoms with Crippen molar-refractivity contribution in [3.63, 3.8) is 0 Å². The van der Waals surface area contributed by atoms with E-state index in [-0.39, 0.29) is 5.91 Å². The summed E-state index contributed by atoms with van der Waals surface area (Å²) in [6, 6.07) is 7.78. The molecule has 1 aliphatic heterocycles. The second-order valence-corrected chi connectivity index (χ2v) is 2.82. The van der Waals surface area contributed by atoms with Crippen LogP contribution in [0.1, 0.15) is 0 Å². The van der Waals surface area contributed by atoms with Gasteiger partial charge in [-0.25, -0.2) is 0 Å². The van der Waals surface area contributed by atoms with Crippen LogP contribution in [0, 0.1) is 0 Å². The normalized spacial score (nSPS) is 15.4. The van der Waals surface area contributed by atoms with Crippen molar-refractivity contribution in [2.75, 3.05) is 23.8 Å². The van der Waals surface area contributed by atoms with Crippen molar-refractivity contribution in [3.8, 4) is 0 Å². The van der Waals surface area contributed by atoms with E-state index in [1.54, 1.807) is 11.9 Å². The minimum atomic E-state index is 0.105. The highest BCUT2D eigenvalue weighted by Crippen LogP contribution is 2.27. The van der Waals surface area contributed by atoms with Gasteiger partial charge in [-0.1, -0.05) is 12.1 Å². The predicted molar refractivity (Wildman–Crippen MR) is 48.3 cm³/mol. The molecule has 0 saturated carbocycles. The molecule has 0 spiro atoms. The van der Waals surface area contributed by atoms with Crippen molar-refractivity contribution >= 4 is 17.3 Å². The SMILES string of the molecule is CN1C(=O)CNc2ccccc21. The summed E-state index contributed by atoms with van der Waals surface area (Å²) in [5, 5.41) is 3.05. The number of nitrogens with zero attached hydrogens (tertiary/aromatic N) is 1. The van der Waals surface area contributed by atoms with Crippen molar-refractivity contribution in [1.82, 2.24) is 0 Å². The van der Waals surface area contributed by atoms with Crippen LogP contribution in [0.5, 0.6) is 0 Å². The first-order valence-corrected chi connectivity index (χ1v) is 3.88. The van der Waals surface area contributed by atoms with Crippen LogP contribution in [-0.2, 0) is 4.79 Å². The van der Waals surface area contributed by atoms with E-state index in [0.717, 1.165) is 11.4 Å². The molecule has 0 aliphatic carbocycles. The first-order valence-electron chi connectivity index (χ1n) is 3.88. The fourth-order valence-electron chi connectivity index (χ4n) is 1.34. The fraction of sp³-hybridized carbons (Fsp3) is 0.222. The molecule has 1 aliphatic rings. The molecule has 2 rings (SSSR count). The van der Waals surface area contributed by atoms with Gasteiger partial charge in [0.15, 0.2) is 0 Å². The number of para-hydroxylation sites is 2. The van der Waals surface area contributed by atoms with Gasteiger partial charge in [0.25, 0.3) is 0 Å². The molecule has 3 heteroatoms. The Bertz CT molecular complexity index is 322. The molecule has 1 N–H and O–H groups in total. The molecular formula is C9H10N2O. The molecule has 3 nitrogen and oxygen atoms in total. The predicted octanol–water partition coefficient (Wildman–Crippen LogP) is 1.07. The van der Waals surface area contributed by atoms with Gasteiger partial charge in [0.2, 0.25) is 5.91 Å². The van der Waals surface area contributed by atoms with Gasteiger partial charge in [0.05, 0.1) is 17.9 Å². The lowest BCUT2D eigenvalue weighted by Gasteiger charge is -2.26. The minimum Gasteiger partial charge on any atom is -0.374 e. The number of nitrogens with one attached hydrogen (secondary N) is 1. The van der Waals surface area contributed by atoms with Gasteiger partial charge < -0.3 is 10.2 Å². The molecule has 1 amide bonds. The summed E-state index contributed by atoms with van der Waals surface area (Å²) in [4.78, 5) is 12.9. The van der Waals surface area contributed by atoms with Gasteiger partial charge in [-0.15, -0.1) is 0 Å². The Kier molecular flexibility index (Phi) is 1.50. The molecule has 12 heavy (non-hydrogen) atoms. The Morgan fingerprint density at radius 3 is 3.00 bits per heavy atom. The van der Waals surface area contributed by atoms with Crippen molar-refractivity contribution in [3.05, 3.63) is 24.3 Å². The highest BCUT2D eigenvalue weighted by Gasteiger charge is 2.18. The third-order valence-electron chi connectivity index (χ3n) is 2.07. The van der Waals surface area contributed by atoms with Crippen LogP contribution in [0.15, 0.2) is 24.3 Å². The van der Waals surface area contributed by atoms with Gasteiger partial charge in [-0.3, -0.25) is 4.79 Å². The fourth-order valence-corrected chi connectivity index (χ4v) is 1.34. The Labute approximate surface area is 71.0 Å². The van der Waals surface area contributed by atoms with E-state index in [1.807, 2.05) is 24.3 Å². The standard InChI is InChI=1S/C9H10N2O/c1-11-8-5-3-2-4-7(8)10-6-9(11)12/h2-5,10H,6H2,1H3. The van der Waals surface area contributed by atoms with E-state index in [0.29, 0.717) is 6.54 Å². The van der Waals surface area contributed by atoms with Crippen LogP contribution in [-0.4, -0.2) is 19.5 Å². The summed E-state index contributed by atoms with van der Waals surface area (Å²) in [5.74, 6) is 0.105. The number of anilines is 2. The molecule has 1 aromatic carbocycles. The lowest BCUT2D eigenvalue weighted by molar-refractivity contribution is -0.116. The number of carbonyl (C=O) groups is 1. The lowest BCUT2D eigenvalue weighted by atomic mass is 10.2. The monoisotopic (exact) mass is 162 g/mol. The summed E-state index contributed by atoms with van der Waals surface area (Å²) in [6.45, 7) is 0.396. The molecule has 1 aromatic rings. The molecule has 0 atom stereocenters. The third-order valence-corrected chi connectivity index (χ3v) is 2.07. The number of hydrogen-bond acceptors (Lipinski definition) is 2. The lowest BCUT2D eigenvalue weighted by Crippen LogP contribution is -2.36. The minimum absolute atomic E-state index is 0.105. The van der Waals surface area contributed by atoms with E-state index in [9.17, 15) is 4.79 Å². The summed E-state index contributed by atoms with van der Waals surface area (Å²) in [5.41, 5.74) is 1.98. The van der Waals surface area contributed by atoms with Crippen molar-refractivity contribution in [1.29, 1.82) is 0 Å². The molecule has 0 bridgehead atoms.